The van der Waals surface area contributed by atoms with Crippen LogP contribution in [0, 0.1) is 13.8 Å². The minimum absolute atomic E-state index is 0.191. The summed E-state index contributed by atoms with van der Waals surface area (Å²) in [6, 6.07) is 5.19. The van der Waals surface area contributed by atoms with E-state index in [4.69, 9.17) is 16.3 Å². The van der Waals surface area contributed by atoms with E-state index in [0.29, 0.717) is 26.2 Å². The normalized spacial score (nSPS) is 10.3. The van der Waals surface area contributed by atoms with Gasteiger partial charge in [0.1, 0.15) is 5.00 Å². The van der Waals surface area contributed by atoms with Gasteiger partial charge in [-0.1, -0.05) is 17.7 Å². The SMILES string of the molecule is CCOC(=O)c1c(NC(C)=O)sc(C(=O)Nc2ccc(C)c(Cl)c2)c1C. The topological polar surface area (TPSA) is 84.5 Å². The molecule has 1 aromatic heterocycles. The van der Waals surface area contributed by atoms with Crippen LogP contribution in [0.3, 0.4) is 0 Å². The Hall–Kier alpha value is -2.38. The Kier molecular flexibility index (Phi) is 6.39. The number of carbonyl (C=O) groups excluding carboxylic acids is 3. The first kappa shape index (κ1) is 19.9. The van der Waals surface area contributed by atoms with Gasteiger partial charge >= 0.3 is 5.97 Å². The summed E-state index contributed by atoms with van der Waals surface area (Å²) >= 11 is 7.11. The van der Waals surface area contributed by atoms with Crippen LogP contribution in [0.15, 0.2) is 18.2 Å². The summed E-state index contributed by atoms with van der Waals surface area (Å²) in [5, 5.41) is 6.17. The lowest BCUT2D eigenvalue weighted by Crippen LogP contribution is -2.13. The summed E-state index contributed by atoms with van der Waals surface area (Å²) in [7, 11) is 0. The summed E-state index contributed by atoms with van der Waals surface area (Å²) in [6.07, 6.45) is 0. The number of benzene rings is 1. The van der Waals surface area contributed by atoms with Crippen LogP contribution in [0.4, 0.5) is 10.7 Å². The Balaban J connectivity index is 2.38. The molecule has 2 amide bonds. The second kappa shape index (κ2) is 8.33. The smallest absolute Gasteiger partial charge is 0.341 e. The van der Waals surface area contributed by atoms with Gasteiger partial charge in [0.2, 0.25) is 5.91 Å². The molecule has 2 N–H and O–H groups in total. The third-order valence-electron chi connectivity index (χ3n) is 3.55. The van der Waals surface area contributed by atoms with E-state index in [9.17, 15) is 14.4 Å². The maximum Gasteiger partial charge on any atom is 0.341 e. The zero-order chi connectivity index (χ0) is 19.4. The molecule has 1 aromatic carbocycles. The van der Waals surface area contributed by atoms with Crippen LogP contribution < -0.4 is 10.6 Å². The molecule has 0 bridgehead atoms. The van der Waals surface area contributed by atoms with Crippen LogP contribution in [-0.4, -0.2) is 24.4 Å². The molecule has 0 spiro atoms. The first-order chi connectivity index (χ1) is 12.2. The second-order valence-electron chi connectivity index (χ2n) is 5.58. The predicted octanol–water partition coefficient (Wildman–Crippen LogP) is 4.41. The summed E-state index contributed by atoms with van der Waals surface area (Å²) < 4.78 is 5.04. The number of halogens is 1. The maximum atomic E-state index is 12.7. The van der Waals surface area contributed by atoms with Gasteiger partial charge in [0.15, 0.2) is 0 Å². The Labute approximate surface area is 160 Å². The average Bonchev–Trinajstić information content (AvgIpc) is 2.87. The van der Waals surface area contributed by atoms with E-state index >= 15 is 0 Å². The van der Waals surface area contributed by atoms with E-state index < -0.39 is 11.9 Å². The van der Waals surface area contributed by atoms with Crippen molar-refractivity contribution < 1.29 is 19.1 Å². The molecule has 0 fully saturated rings. The number of amides is 2. The van der Waals surface area contributed by atoms with Crippen LogP contribution >= 0.6 is 22.9 Å². The zero-order valence-corrected chi connectivity index (χ0v) is 16.4. The highest BCUT2D eigenvalue weighted by molar-refractivity contribution is 7.18. The lowest BCUT2D eigenvalue weighted by molar-refractivity contribution is -0.114. The lowest BCUT2D eigenvalue weighted by atomic mass is 10.1. The largest absolute Gasteiger partial charge is 0.462 e. The molecule has 1 heterocycles. The van der Waals surface area contributed by atoms with Crippen molar-refractivity contribution in [1.29, 1.82) is 0 Å². The highest BCUT2D eigenvalue weighted by Crippen LogP contribution is 2.34. The summed E-state index contributed by atoms with van der Waals surface area (Å²) in [6.45, 7) is 6.72. The molecule has 0 aliphatic rings. The first-order valence-electron chi connectivity index (χ1n) is 7.90. The molecule has 0 saturated heterocycles. The Bertz CT molecular complexity index is 876. The number of anilines is 2. The van der Waals surface area contributed by atoms with Gasteiger partial charge in [-0.3, -0.25) is 9.59 Å². The molecule has 0 aliphatic heterocycles. The summed E-state index contributed by atoms with van der Waals surface area (Å²) in [5.74, 6) is -1.31. The van der Waals surface area contributed by atoms with Crippen LogP contribution in [0.5, 0.6) is 0 Å². The fraction of sp³-hybridized carbons (Fsp3) is 0.278. The Morgan fingerprint density at radius 1 is 1.19 bits per heavy atom. The average molecular weight is 395 g/mol. The molecule has 26 heavy (non-hydrogen) atoms. The van der Waals surface area contributed by atoms with Gasteiger partial charge in [0.05, 0.1) is 17.0 Å². The minimum Gasteiger partial charge on any atom is -0.462 e. The molecule has 0 radical (unpaired) electrons. The zero-order valence-electron chi connectivity index (χ0n) is 14.9. The van der Waals surface area contributed by atoms with Gasteiger partial charge in [-0.2, -0.15) is 0 Å². The van der Waals surface area contributed by atoms with Crippen LogP contribution in [0.1, 0.15) is 45.0 Å². The number of rotatable bonds is 5. The number of hydrogen-bond donors (Lipinski definition) is 2. The monoisotopic (exact) mass is 394 g/mol. The third kappa shape index (κ3) is 4.42. The molecule has 2 rings (SSSR count). The highest BCUT2D eigenvalue weighted by Gasteiger charge is 2.26. The molecule has 0 atom stereocenters. The quantitative estimate of drug-likeness (QED) is 0.736. The molecule has 0 saturated carbocycles. The van der Waals surface area contributed by atoms with Crippen molar-refractivity contribution >= 4 is 51.4 Å². The van der Waals surface area contributed by atoms with Gasteiger partial charge in [-0.05, 0) is 44.0 Å². The van der Waals surface area contributed by atoms with Crippen LogP contribution in [0.2, 0.25) is 5.02 Å². The second-order valence-corrected chi connectivity index (χ2v) is 7.01. The van der Waals surface area contributed by atoms with Gasteiger partial charge in [0.25, 0.3) is 5.91 Å². The van der Waals surface area contributed by atoms with E-state index in [0.717, 1.165) is 16.9 Å². The third-order valence-corrected chi connectivity index (χ3v) is 5.17. The lowest BCUT2D eigenvalue weighted by Gasteiger charge is -2.07. The number of esters is 1. The van der Waals surface area contributed by atoms with E-state index in [-0.39, 0.29) is 18.1 Å². The Morgan fingerprint density at radius 3 is 2.46 bits per heavy atom. The molecule has 6 nitrogen and oxygen atoms in total. The van der Waals surface area contributed by atoms with Gasteiger partial charge in [-0.25, -0.2) is 4.79 Å². The van der Waals surface area contributed by atoms with E-state index in [1.807, 2.05) is 6.92 Å². The Morgan fingerprint density at radius 2 is 1.88 bits per heavy atom. The molecule has 8 heteroatoms. The van der Waals surface area contributed by atoms with Crippen molar-refractivity contribution in [2.75, 3.05) is 17.2 Å². The van der Waals surface area contributed by atoms with E-state index in [2.05, 4.69) is 10.6 Å². The molecular weight excluding hydrogens is 376 g/mol. The molecule has 0 unspecified atom stereocenters. The van der Waals surface area contributed by atoms with Crippen molar-refractivity contribution in [2.45, 2.75) is 27.7 Å². The van der Waals surface area contributed by atoms with Gasteiger partial charge in [-0.15, -0.1) is 11.3 Å². The summed E-state index contributed by atoms with van der Waals surface area (Å²) in [4.78, 5) is 36.6. The summed E-state index contributed by atoms with van der Waals surface area (Å²) in [5.41, 5.74) is 2.08. The highest BCUT2D eigenvalue weighted by atomic mass is 35.5. The number of hydrogen-bond acceptors (Lipinski definition) is 5. The van der Waals surface area contributed by atoms with Crippen molar-refractivity contribution in [3.63, 3.8) is 0 Å². The van der Waals surface area contributed by atoms with Crippen LogP contribution in [0.25, 0.3) is 0 Å². The number of aryl methyl sites for hydroxylation is 1. The molecule has 2 aromatic rings. The maximum absolute atomic E-state index is 12.7. The number of ether oxygens (including phenoxy) is 1. The van der Waals surface area contributed by atoms with Crippen molar-refractivity contribution in [3.8, 4) is 0 Å². The fourth-order valence-electron chi connectivity index (χ4n) is 2.29. The minimum atomic E-state index is -0.581. The molecule has 0 aliphatic carbocycles. The molecular formula is C18H19ClN2O4S. The molecule has 138 valence electrons. The van der Waals surface area contributed by atoms with Crippen molar-refractivity contribution in [2.24, 2.45) is 0 Å². The first-order valence-corrected chi connectivity index (χ1v) is 9.09. The standard InChI is InChI=1S/C18H19ClN2O4S/c1-5-25-18(24)14-10(3)15(26-17(14)20-11(4)22)16(23)21-12-7-6-9(2)13(19)8-12/h6-8H,5H2,1-4H3,(H,20,22)(H,21,23). The van der Waals surface area contributed by atoms with E-state index in [1.54, 1.807) is 32.0 Å². The number of thiophene rings is 1. The van der Waals surface area contributed by atoms with Gasteiger partial charge < -0.3 is 15.4 Å². The number of nitrogens with one attached hydrogen (secondary N) is 2. The fourth-order valence-corrected chi connectivity index (χ4v) is 3.60. The van der Waals surface area contributed by atoms with Gasteiger partial charge in [0, 0.05) is 17.6 Å². The predicted molar refractivity (Wildman–Crippen MR) is 103 cm³/mol. The van der Waals surface area contributed by atoms with Crippen molar-refractivity contribution in [3.05, 3.63) is 44.8 Å². The number of carbonyl (C=O) groups is 3. The van der Waals surface area contributed by atoms with Crippen LogP contribution in [-0.2, 0) is 9.53 Å². The van der Waals surface area contributed by atoms with E-state index in [1.165, 1.54) is 6.92 Å². The van der Waals surface area contributed by atoms with Crippen molar-refractivity contribution in [1.82, 2.24) is 0 Å².